The van der Waals surface area contributed by atoms with Gasteiger partial charge in [0, 0.05) is 42.3 Å². The number of piperidine rings is 1. The zero-order chi connectivity index (χ0) is 18.1. The van der Waals surface area contributed by atoms with Gasteiger partial charge in [-0.15, -0.1) is 0 Å². The molecule has 1 aliphatic heterocycles. The number of aromatic nitrogens is 4. The first-order valence-corrected chi connectivity index (χ1v) is 8.56. The highest BCUT2D eigenvalue weighted by Crippen LogP contribution is 2.32. The number of H-pyrrole nitrogens is 1. The van der Waals surface area contributed by atoms with Gasteiger partial charge in [-0.2, -0.15) is 0 Å². The lowest BCUT2D eigenvalue weighted by atomic mass is 10.1. The first-order valence-electron chi connectivity index (χ1n) is 8.56. The fourth-order valence-electron chi connectivity index (χ4n) is 3.31. The van der Waals surface area contributed by atoms with Crippen LogP contribution in [0.25, 0.3) is 22.6 Å². The molecule has 1 aliphatic rings. The Kier molecular flexibility index (Phi) is 4.18. The van der Waals surface area contributed by atoms with Crippen LogP contribution in [0, 0.1) is 0 Å². The Hall–Kier alpha value is -3.13. The van der Waals surface area contributed by atoms with Crippen molar-refractivity contribution < 1.29 is 5.11 Å². The molecule has 4 rings (SSSR count). The van der Waals surface area contributed by atoms with E-state index in [0.29, 0.717) is 23.6 Å². The number of nitrogens with two attached hydrogens (primary N) is 1. The molecule has 0 saturated carbocycles. The van der Waals surface area contributed by atoms with E-state index in [1.54, 1.807) is 41.4 Å². The fourth-order valence-corrected chi connectivity index (χ4v) is 3.31. The normalized spacial score (nSPS) is 17.3. The Morgan fingerprint density at radius 3 is 2.96 bits per heavy atom. The number of rotatable bonds is 3. The highest BCUT2D eigenvalue weighted by molar-refractivity contribution is 5.73. The van der Waals surface area contributed by atoms with Crippen LogP contribution in [0.1, 0.15) is 18.9 Å². The van der Waals surface area contributed by atoms with Crippen LogP contribution in [-0.2, 0) is 0 Å². The van der Waals surface area contributed by atoms with E-state index in [4.69, 9.17) is 5.73 Å². The number of nitrogens with zero attached hydrogens (tertiary/aromatic N) is 3. The molecular weight excluding hydrogens is 332 g/mol. The summed E-state index contributed by atoms with van der Waals surface area (Å²) in [4.78, 5) is 23.9. The van der Waals surface area contributed by atoms with E-state index < -0.39 is 0 Å². The van der Waals surface area contributed by atoms with Crippen molar-refractivity contribution in [1.82, 2.24) is 24.8 Å². The van der Waals surface area contributed by atoms with Crippen LogP contribution in [0.5, 0.6) is 5.75 Å². The molecule has 0 bridgehead atoms. The highest BCUT2D eigenvalue weighted by Gasteiger charge is 2.20. The van der Waals surface area contributed by atoms with Crippen LogP contribution in [0.4, 0.5) is 5.82 Å². The van der Waals surface area contributed by atoms with E-state index in [0.717, 1.165) is 24.9 Å². The highest BCUT2D eigenvalue weighted by atomic mass is 16.3. The summed E-state index contributed by atoms with van der Waals surface area (Å²) in [5.41, 5.74) is 7.35. The summed E-state index contributed by atoms with van der Waals surface area (Å²) in [5.74, 6) is 0.680. The minimum absolute atomic E-state index is 0.0238. The standard InChI is InChI=1S/C18H20N6O2/c19-16-18(26)24(12-2-1-5-20-9-12)10-14(23-16)13-8-11(3-4-15(13)25)17-21-6-7-22-17/h3-4,6-8,10,12,20,25H,1-2,5,9H2,(H2,19,23)(H,21,22). The Balaban J connectivity index is 1.82. The summed E-state index contributed by atoms with van der Waals surface area (Å²) in [6.45, 7) is 1.66. The first kappa shape index (κ1) is 16.3. The number of imidazole rings is 1. The van der Waals surface area contributed by atoms with Gasteiger partial charge in [0.2, 0.25) is 0 Å². The molecular formula is C18H20N6O2. The molecule has 5 N–H and O–H groups in total. The van der Waals surface area contributed by atoms with Crippen molar-refractivity contribution in [2.75, 3.05) is 18.8 Å². The monoisotopic (exact) mass is 352 g/mol. The Labute approximate surface area is 149 Å². The maximum Gasteiger partial charge on any atom is 0.293 e. The van der Waals surface area contributed by atoms with E-state index >= 15 is 0 Å². The third kappa shape index (κ3) is 2.95. The molecule has 0 aliphatic carbocycles. The number of benzene rings is 1. The zero-order valence-corrected chi connectivity index (χ0v) is 14.1. The van der Waals surface area contributed by atoms with Gasteiger partial charge < -0.3 is 25.7 Å². The van der Waals surface area contributed by atoms with Crippen molar-refractivity contribution in [1.29, 1.82) is 0 Å². The van der Waals surface area contributed by atoms with Gasteiger partial charge in [-0.25, -0.2) is 9.97 Å². The SMILES string of the molecule is Nc1nc(-c2cc(-c3ncc[nH]3)ccc2O)cn(C2CCCNC2)c1=O. The van der Waals surface area contributed by atoms with Crippen molar-refractivity contribution in [3.63, 3.8) is 0 Å². The Bertz CT molecular complexity index is 974. The first-order chi connectivity index (χ1) is 12.6. The van der Waals surface area contributed by atoms with E-state index in [2.05, 4.69) is 20.3 Å². The maximum atomic E-state index is 12.5. The molecule has 1 unspecified atom stereocenters. The van der Waals surface area contributed by atoms with Gasteiger partial charge in [0.25, 0.3) is 5.56 Å². The van der Waals surface area contributed by atoms with Gasteiger partial charge >= 0.3 is 0 Å². The van der Waals surface area contributed by atoms with Crippen LogP contribution in [0.15, 0.2) is 41.6 Å². The predicted octanol–water partition coefficient (Wildman–Crippen LogP) is 1.51. The van der Waals surface area contributed by atoms with E-state index in [-0.39, 0.29) is 23.2 Å². The minimum Gasteiger partial charge on any atom is -0.507 e. The summed E-state index contributed by atoms with van der Waals surface area (Å²) >= 11 is 0. The van der Waals surface area contributed by atoms with Crippen LogP contribution in [0.2, 0.25) is 0 Å². The molecule has 134 valence electrons. The number of phenols is 1. The number of hydrogen-bond acceptors (Lipinski definition) is 6. The topological polar surface area (TPSA) is 122 Å². The number of anilines is 1. The molecule has 3 heterocycles. The molecule has 1 fully saturated rings. The molecule has 1 saturated heterocycles. The summed E-state index contributed by atoms with van der Waals surface area (Å²) in [7, 11) is 0. The smallest absolute Gasteiger partial charge is 0.293 e. The van der Waals surface area contributed by atoms with Gasteiger partial charge in [-0.1, -0.05) is 0 Å². The van der Waals surface area contributed by atoms with Gasteiger partial charge in [0.1, 0.15) is 11.6 Å². The van der Waals surface area contributed by atoms with Crippen LogP contribution in [-0.4, -0.2) is 37.7 Å². The maximum absolute atomic E-state index is 12.5. The molecule has 3 aromatic rings. The van der Waals surface area contributed by atoms with Crippen LogP contribution >= 0.6 is 0 Å². The van der Waals surface area contributed by atoms with E-state index in [1.807, 2.05) is 0 Å². The van der Waals surface area contributed by atoms with E-state index in [1.165, 1.54) is 0 Å². The average molecular weight is 352 g/mol. The largest absolute Gasteiger partial charge is 0.507 e. The number of hydrogen-bond donors (Lipinski definition) is 4. The van der Waals surface area contributed by atoms with Crippen molar-refractivity contribution >= 4 is 5.82 Å². The van der Waals surface area contributed by atoms with E-state index in [9.17, 15) is 9.90 Å². The fraction of sp³-hybridized carbons (Fsp3) is 0.278. The van der Waals surface area contributed by atoms with Crippen molar-refractivity contribution in [3.8, 4) is 28.4 Å². The number of nitrogen functional groups attached to an aromatic ring is 1. The lowest BCUT2D eigenvalue weighted by Crippen LogP contribution is -2.37. The van der Waals surface area contributed by atoms with Crippen molar-refractivity contribution in [2.45, 2.75) is 18.9 Å². The van der Waals surface area contributed by atoms with Gasteiger partial charge in [-0.3, -0.25) is 4.79 Å². The summed E-state index contributed by atoms with van der Waals surface area (Å²) in [5, 5.41) is 13.6. The summed E-state index contributed by atoms with van der Waals surface area (Å²) in [6.07, 6.45) is 6.96. The predicted molar refractivity (Wildman–Crippen MR) is 98.7 cm³/mol. The van der Waals surface area contributed by atoms with Crippen molar-refractivity contribution in [3.05, 3.63) is 47.1 Å². The Morgan fingerprint density at radius 1 is 1.35 bits per heavy atom. The molecule has 8 nitrogen and oxygen atoms in total. The molecule has 0 amide bonds. The minimum atomic E-state index is -0.302. The third-order valence-corrected chi connectivity index (χ3v) is 4.66. The van der Waals surface area contributed by atoms with Crippen molar-refractivity contribution in [2.24, 2.45) is 0 Å². The molecule has 26 heavy (non-hydrogen) atoms. The van der Waals surface area contributed by atoms with Crippen LogP contribution < -0.4 is 16.6 Å². The average Bonchev–Trinajstić information content (AvgIpc) is 3.20. The number of nitrogens with one attached hydrogen (secondary N) is 2. The number of aromatic amines is 1. The quantitative estimate of drug-likeness (QED) is 0.567. The van der Waals surface area contributed by atoms with Crippen LogP contribution in [0.3, 0.4) is 0 Å². The number of aromatic hydroxyl groups is 1. The summed E-state index contributed by atoms with van der Waals surface area (Å²) < 4.78 is 1.63. The lowest BCUT2D eigenvalue weighted by molar-refractivity contribution is 0.364. The second-order valence-corrected chi connectivity index (χ2v) is 6.39. The van der Waals surface area contributed by atoms with Gasteiger partial charge in [0.05, 0.1) is 5.69 Å². The molecule has 1 atom stereocenters. The lowest BCUT2D eigenvalue weighted by Gasteiger charge is -2.25. The molecule has 8 heteroatoms. The molecule has 1 aromatic carbocycles. The van der Waals surface area contributed by atoms with Gasteiger partial charge in [-0.05, 0) is 37.6 Å². The second kappa shape index (κ2) is 6.64. The third-order valence-electron chi connectivity index (χ3n) is 4.66. The molecule has 2 aromatic heterocycles. The number of phenolic OH excluding ortho intramolecular Hbond substituents is 1. The Morgan fingerprint density at radius 2 is 2.23 bits per heavy atom. The van der Waals surface area contributed by atoms with Gasteiger partial charge in [0.15, 0.2) is 5.82 Å². The zero-order valence-electron chi connectivity index (χ0n) is 14.1. The molecule has 0 radical (unpaired) electrons. The second-order valence-electron chi connectivity index (χ2n) is 6.39. The molecule has 0 spiro atoms. The summed E-state index contributed by atoms with van der Waals surface area (Å²) in [6, 6.07) is 5.16.